The van der Waals surface area contributed by atoms with Gasteiger partial charge in [0.05, 0.1) is 0 Å². The third-order valence-electron chi connectivity index (χ3n) is 1.26. The van der Waals surface area contributed by atoms with E-state index >= 15 is 0 Å². The van der Waals surface area contributed by atoms with Gasteiger partial charge in [-0.15, -0.1) is 16.0 Å². The van der Waals surface area contributed by atoms with Crippen molar-refractivity contribution < 1.29 is 14.0 Å². The van der Waals surface area contributed by atoms with Gasteiger partial charge in [0.15, 0.2) is 0 Å². The first kappa shape index (κ1) is 10.8. The van der Waals surface area contributed by atoms with E-state index in [-0.39, 0.29) is 12.0 Å². The molecule has 0 bridgehead atoms. The SMILES string of the molecule is C=CCC(C)(C)CO[P+](=O)O. The smallest absolute Gasteiger partial charge is 0.133 e. The average molecular weight is 177 g/mol. The van der Waals surface area contributed by atoms with Crippen molar-refractivity contribution in [2.75, 3.05) is 6.61 Å². The first-order valence-corrected chi connectivity index (χ1v) is 4.51. The molecular formula is C7H14O3P+. The Morgan fingerprint density at radius 1 is 1.73 bits per heavy atom. The van der Waals surface area contributed by atoms with Crippen LogP contribution in [0.25, 0.3) is 0 Å². The van der Waals surface area contributed by atoms with Crippen molar-refractivity contribution >= 4 is 8.25 Å². The zero-order valence-corrected chi connectivity index (χ0v) is 7.80. The van der Waals surface area contributed by atoms with Crippen molar-refractivity contribution in [2.45, 2.75) is 20.3 Å². The zero-order chi connectivity index (χ0) is 8.91. The lowest BCUT2D eigenvalue weighted by Gasteiger charge is -2.17. The van der Waals surface area contributed by atoms with Gasteiger partial charge in [0.1, 0.15) is 6.61 Å². The van der Waals surface area contributed by atoms with Crippen LogP contribution in [0.3, 0.4) is 0 Å². The summed E-state index contributed by atoms with van der Waals surface area (Å²) in [5.74, 6) is 0. The van der Waals surface area contributed by atoms with Crippen LogP contribution in [0.2, 0.25) is 0 Å². The summed E-state index contributed by atoms with van der Waals surface area (Å²) < 4.78 is 14.7. The molecule has 0 fully saturated rings. The highest BCUT2D eigenvalue weighted by Crippen LogP contribution is 2.26. The molecule has 0 heterocycles. The van der Waals surface area contributed by atoms with Gasteiger partial charge in [-0.1, -0.05) is 19.9 Å². The second-order valence-electron chi connectivity index (χ2n) is 3.17. The van der Waals surface area contributed by atoms with Crippen LogP contribution in [0.15, 0.2) is 12.7 Å². The molecule has 0 rings (SSSR count). The summed E-state index contributed by atoms with van der Waals surface area (Å²) in [6, 6.07) is 0. The summed E-state index contributed by atoms with van der Waals surface area (Å²) in [4.78, 5) is 8.35. The van der Waals surface area contributed by atoms with Crippen molar-refractivity contribution in [3.63, 3.8) is 0 Å². The summed E-state index contributed by atoms with van der Waals surface area (Å²) in [5.41, 5.74) is -0.102. The normalized spacial score (nSPS) is 12.8. The summed E-state index contributed by atoms with van der Waals surface area (Å²) in [7, 11) is -2.46. The van der Waals surface area contributed by atoms with Crippen LogP contribution >= 0.6 is 8.25 Å². The highest BCUT2D eigenvalue weighted by Gasteiger charge is 2.23. The monoisotopic (exact) mass is 177 g/mol. The van der Waals surface area contributed by atoms with Crippen LogP contribution in [0.1, 0.15) is 20.3 Å². The van der Waals surface area contributed by atoms with Gasteiger partial charge in [-0.3, -0.25) is 0 Å². The standard InChI is InChI=1S/C7H13O3P/c1-4-5-7(2,3)6-10-11(8)9/h4H,1,5-6H2,2-3H3/p+1. The van der Waals surface area contributed by atoms with Gasteiger partial charge in [-0.25, -0.2) is 0 Å². The van der Waals surface area contributed by atoms with Crippen LogP contribution < -0.4 is 0 Å². The third kappa shape index (κ3) is 6.17. The lowest BCUT2D eigenvalue weighted by Crippen LogP contribution is -2.16. The van der Waals surface area contributed by atoms with Crippen LogP contribution in [0, 0.1) is 5.41 Å². The number of hydrogen-bond acceptors (Lipinski definition) is 2. The average Bonchev–Trinajstić information content (AvgIpc) is 1.84. The van der Waals surface area contributed by atoms with Crippen molar-refractivity contribution in [1.82, 2.24) is 0 Å². The van der Waals surface area contributed by atoms with E-state index in [1.807, 2.05) is 13.8 Å². The molecular weight excluding hydrogens is 163 g/mol. The predicted octanol–water partition coefficient (Wildman–Crippen LogP) is 2.26. The Kier molecular flexibility index (Phi) is 4.50. The Bertz CT molecular complexity index is 154. The summed E-state index contributed by atoms with van der Waals surface area (Å²) in [6.07, 6.45) is 2.55. The fraction of sp³-hybridized carbons (Fsp3) is 0.714. The Morgan fingerprint density at radius 3 is 2.64 bits per heavy atom. The zero-order valence-electron chi connectivity index (χ0n) is 6.91. The molecule has 64 valence electrons. The van der Waals surface area contributed by atoms with Gasteiger partial charge >= 0.3 is 8.25 Å². The maximum absolute atomic E-state index is 10.2. The van der Waals surface area contributed by atoms with Crippen molar-refractivity contribution in [3.05, 3.63) is 12.7 Å². The maximum atomic E-state index is 10.2. The molecule has 1 N–H and O–H groups in total. The second-order valence-corrected chi connectivity index (χ2v) is 3.90. The largest absolute Gasteiger partial charge is 0.694 e. The molecule has 4 heteroatoms. The van der Waals surface area contributed by atoms with Crippen LogP contribution in [-0.2, 0) is 9.09 Å². The lowest BCUT2D eigenvalue weighted by molar-refractivity contribution is 0.173. The molecule has 1 atom stereocenters. The molecule has 0 saturated heterocycles. The van der Waals surface area contributed by atoms with Crippen LogP contribution in [-0.4, -0.2) is 11.5 Å². The van der Waals surface area contributed by atoms with Gasteiger partial charge in [0.25, 0.3) is 0 Å². The maximum Gasteiger partial charge on any atom is 0.694 e. The fourth-order valence-corrected chi connectivity index (χ4v) is 1.14. The molecule has 0 amide bonds. The van der Waals surface area contributed by atoms with E-state index in [1.165, 1.54) is 0 Å². The highest BCUT2D eigenvalue weighted by atomic mass is 31.1. The second kappa shape index (κ2) is 4.60. The van der Waals surface area contributed by atoms with E-state index in [9.17, 15) is 4.57 Å². The van der Waals surface area contributed by atoms with Crippen LogP contribution in [0.5, 0.6) is 0 Å². The molecule has 0 saturated carbocycles. The minimum Gasteiger partial charge on any atom is -0.133 e. The van der Waals surface area contributed by atoms with Gasteiger partial charge in [0, 0.05) is 4.57 Å². The Hall–Kier alpha value is -0.240. The molecule has 11 heavy (non-hydrogen) atoms. The van der Waals surface area contributed by atoms with E-state index < -0.39 is 8.25 Å². The summed E-state index contributed by atoms with van der Waals surface area (Å²) >= 11 is 0. The van der Waals surface area contributed by atoms with E-state index in [2.05, 4.69) is 11.1 Å². The Morgan fingerprint density at radius 2 is 2.27 bits per heavy atom. The summed E-state index contributed by atoms with van der Waals surface area (Å²) in [6.45, 7) is 7.77. The highest BCUT2D eigenvalue weighted by molar-refractivity contribution is 7.32. The van der Waals surface area contributed by atoms with Gasteiger partial charge < -0.3 is 0 Å². The molecule has 0 aliphatic rings. The molecule has 0 aromatic rings. The Balaban J connectivity index is 3.71. The quantitative estimate of drug-likeness (QED) is 0.517. The number of hydrogen-bond donors (Lipinski definition) is 1. The molecule has 0 aromatic heterocycles. The molecule has 0 radical (unpaired) electrons. The third-order valence-corrected chi connectivity index (χ3v) is 1.61. The van der Waals surface area contributed by atoms with Crippen molar-refractivity contribution in [1.29, 1.82) is 0 Å². The van der Waals surface area contributed by atoms with Crippen LogP contribution in [0.4, 0.5) is 0 Å². The fourth-order valence-electron chi connectivity index (χ4n) is 0.680. The first-order chi connectivity index (χ1) is 4.98. The molecule has 0 aliphatic carbocycles. The van der Waals surface area contributed by atoms with E-state index in [4.69, 9.17) is 4.89 Å². The topological polar surface area (TPSA) is 46.5 Å². The molecule has 0 aromatic carbocycles. The lowest BCUT2D eigenvalue weighted by atomic mass is 9.91. The summed E-state index contributed by atoms with van der Waals surface area (Å²) in [5, 5.41) is 0. The van der Waals surface area contributed by atoms with Crippen molar-refractivity contribution in [2.24, 2.45) is 5.41 Å². The number of allylic oxidation sites excluding steroid dienone is 1. The van der Waals surface area contributed by atoms with E-state index in [0.717, 1.165) is 6.42 Å². The Labute approximate surface area is 68.0 Å². The molecule has 3 nitrogen and oxygen atoms in total. The van der Waals surface area contributed by atoms with Gasteiger partial charge in [-0.05, 0) is 11.8 Å². The van der Waals surface area contributed by atoms with E-state index in [0.29, 0.717) is 0 Å². The minimum absolute atomic E-state index is 0.102. The molecule has 0 aliphatic heterocycles. The number of rotatable bonds is 5. The first-order valence-electron chi connectivity index (χ1n) is 3.38. The predicted molar refractivity (Wildman–Crippen MR) is 44.4 cm³/mol. The van der Waals surface area contributed by atoms with Gasteiger partial charge in [0.2, 0.25) is 0 Å². The van der Waals surface area contributed by atoms with E-state index in [1.54, 1.807) is 6.08 Å². The minimum atomic E-state index is -2.46. The molecule has 0 spiro atoms. The van der Waals surface area contributed by atoms with Gasteiger partial charge in [-0.2, -0.15) is 0 Å². The van der Waals surface area contributed by atoms with Crippen molar-refractivity contribution in [3.8, 4) is 0 Å². The molecule has 1 unspecified atom stereocenters.